The molecule has 0 aliphatic rings. The van der Waals surface area contributed by atoms with Crippen LogP contribution in [0.3, 0.4) is 0 Å². The molecule has 1 amide bonds. The standard InChI is InChI=1S/C20H31NO3/c1-8-16(6)21(17(7)20(23)24-9-2)19(22)12-18-14(4)10-13(3)11-15(18)5/h10-11,16-17H,8-9,12H2,1-7H3/t16?,17-/m0/s1. The fraction of sp³-hybridized carbons (Fsp3) is 0.600. The van der Waals surface area contributed by atoms with E-state index in [2.05, 4.69) is 19.1 Å². The summed E-state index contributed by atoms with van der Waals surface area (Å²) in [5.41, 5.74) is 4.48. The lowest BCUT2D eigenvalue weighted by molar-refractivity contribution is -0.155. The van der Waals surface area contributed by atoms with Crippen LogP contribution < -0.4 is 0 Å². The van der Waals surface area contributed by atoms with Gasteiger partial charge in [0.25, 0.3) is 0 Å². The Labute approximate surface area is 146 Å². The number of hydrogen-bond acceptors (Lipinski definition) is 3. The second-order valence-corrected chi connectivity index (χ2v) is 6.54. The fourth-order valence-corrected chi connectivity index (χ4v) is 3.15. The van der Waals surface area contributed by atoms with E-state index in [1.807, 2.05) is 27.7 Å². The van der Waals surface area contributed by atoms with Gasteiger partial charge in [0.2, 0.25) is 5.91 Å². The lowest BCUT2D eigenvalue weighted by Gasteiger charge is -2.33. The van der Waals surface area contributed by atoms with Crippen molar-refractivity contribution in [2.75, 3.05) is 6.61 Å². The van der Waals surface area contributed by atoms with Crippen LogP contribution in [0.1, 0.15) is 56.4 Å². The molecule has 4 nitrogen and oxygen atoms in total. The molecule has 0 fully saturated rings. The van der Waals surface area contributed by atoms with Crippen LogP contribution in [0.4, 0.5) is 0 Å². The Kier molecular flexibility index (Phi) is 7.46. The van der Waals surface area contributed by atoms with Crippen molar-refractivity contribution in [2.45, 2.75) is 73.4 Å². The Morgan fingerprint density at radius 3 is 2.08 bits per heavy atom. The summed E-state index contributed by atoms with van der Waals surface area (Å²) in [5, 5.41) is 0. The molecule has 0 aliphatic carbocycles. The monoisotopic (exact) mass is 333 g/mol. The summed E-state index contributed by atoms with van der Waals surface area (Å²) in [7, 11) is 0. The van der Waals surface area contributed by atoms with E-state index in [-0.39, 0.29) is 17.9 Å². The third-order valence-electron chi connectivity index (χ3n) is 4.57. The smallest absolute Gasteiger partial charge is 0.328 e. The van der Waals surface area contributed by atoms with Gasteiger partial charge < -0.3 is 9.64 Å². The van der Waals surface area contributed by atoms with Gasteiger partial charge in [-0.3, -0.25) is 4.79 Å². The summed E-state index contributed by atoms with van der Waals surface area (Å²) in [5.74, 6) is -0.372. The first kappa shape index (κ1) is 20.2. The van der Waals surface area contributed by atoms with Crippen molar-refractivity contribution in [3.05, 3.63) is 34.4 Å². The second-order valence-electron chi connectivity index (χ2n) is 6.54. The Hall–Kier alpha value is -1.84. The number of esters is 1. The number of benzene rings is 1. The average molecular weight is 333 g/mol. The predicted octanol–water partition coefficient (Wildman–Crippen LogP) is 3.73. The van der Waals surface area contributed by atoms with Gasteiger partial charge in [0.05, 0.1) is 13.0 Å². The van der Waals surface area contributed by atoms with Crippen molar-refractivity contribution < 1.29 is 14.3 Å². The van der Waals surface area contributed by atoms with Crippen molar-refractivity contribution in [1.82, 2.24) is 4.90 Å². The SMILES string of the molecule is CCOC(=O)[C@H](C)N(C(=O)Cc1c(C)cc(C)cc1C)C(C)CC. The summed E-state index contributed by atoms with van der Waals surface area (Å²) in [6, 6.07) is 3.61. The molecule has 2 atom stereocenters. The highest BCUT2D eigenvalue weighted by atomic mass is 16.5. The van der Waals surface area contributed by atoms with Crippen molar-refractivity contribution in [2.24, 2.45) is 0 Å². The van der Waals surface area contributed by atoms with Gasteiger partial charge in [-0.05, 0) is 64.7 Å². The molecule has 0 spiro atoms. The van der Waals surface area contributed by atoms with E-state index < -0.39 is 6.04 Å². The zero-order valence-electron chi connectivity index (χ0n) is 16.1. The van der Waals surface area contributed by atoms with E-state index in [9.17, 15) is 9.59 Å². The maximum atomic E-state index is 13.0. The van der Waals surface area contributed by atoms with Crippen molar-refractivity contribution >= 4 is 11.9 Å². The van der Waals surface area contributed by atoms with Crippen LogP contribution in [0, 0.1) is 20.8 Å². The lowest BCUT2D eigenvalue weighted by Crippen LogP contribution is -2.49. The number of amides is 1. The van der Waals surface area contributed by atoms with E-state index in [4.69, 9.17) is 4.74 Å². The topological polar surface area (TPSA) is 46.6 Å². The molecule has 4 heteroatoms. The summed E-state index contributed by atoms with van der Waals surface area (Å²) < 4.78 is 5.11. The van der Waals surface area contributed by atoms with Crippen LogP contribution in [-0.4, -0.2) is 35.5 Å². The zero-order chi connectivity index (χ0) is 18.4. The molecule has 0 bridgehead atoms. The van der Waals surface area contributed by atoms with Gasteiger partial charge >= 0.3 is 5.97 Å². The summed E-state index contributed by atoms with van der Waals surface area (Å²) in [4.78, 5) is 26.8. The first-order chi connectivity index (χ1) is 11.2. The van der Waals surface area contributed by atoms with E-state index in [1.165, 1.54) is 5.56 Å². The molecule has 0 heterocycles. The molecule has 0 N–H and O–H groups in total. The van der Waals surface area contributed by atoms with Crippen LogP contribution in [0.25, 0.3) is 0 Å². The van der Waals surface area contributed by atoms with Gasteiger partial charge in [-0.1, -0.05) is 24.6 Å². The molecule has 1 unspecified atom stereocenters. The lowest BCUT2D eigenvalue weighted by atomic mass is 9.96. The molecule has 1 rings (SSSR count). The van der Waals surface area contributed by atoms with E-state index in [1.54, 1.807) is 18.7 Å². The molecule has 0 aromatic heterocycles. The number of rotatable bonds is 7. The van der Waals surface area contributed by atoms with Crippen LogP contribution in [0.5, 0.6) is 0 Å². The summed E-state index contributed by atoms with van der Waals surface area (Å²) in [6.45, 7) is 14.0. The molecule has 1 aromatic carbocycles. The van der Waals surface area contributed by atoms with Crippen LogP contribution in [-0.2, 0) is 20.7 Å². The molecule has 1 aromatic rings. The molecule has 24 heavy (non-hydrogen) atoms. The van der Waals surface area contributed by atoms with Crippen molar-refractivity contribution in [1.29, 1.82) is 0 Å². The quantitative estimate of drug-likeness (QED) is 0.714. The number of nitrogens with zero attached hydrogens (tertiary/aromatic N) is 1. The van der Waals surface area contributed by atoms with Crippen LogP contribution in [0.15, 0.2) is 12.1 Å². The first-order valence-corrected chi connectivity index (χ1v) is 8.77. The van der Waals surface area contributed by atoms with Gasteiger partial charge in [-0.2, -0.15) is 0 Å². The minimum absolute atomic E-state index is 0.0111. The molecule has 134 valence electrons. The van der Waals surface area contributed by atoms with Gasteiger partial charge in [-0.25, -0.2) is 4.79 Å². The highest BCUT2D eigenvalue weighted by molar-refractivity contribution is 5.86. The number of hydrogen-bond donors (Lipinski definition) is 0. The number of ether oxygens (including phenoxy) is 1. The van der Waals surface area contributed by atoms with Gasteiger partial charge in [-0.15, -0.1) is 0 Å². The predicted molar refractivity (Wildman–Crippen MR) is 97.1 cm³/mol. The summed E-state index contributed by atoms with van der Waals surface area (Å²) >= 11 is 0. The number of carbonyl (C=O) groups is 2. The molecule has 0 saturated carbocycles. The third-order valence-corrected chi connectivity index (χ3v) is 4.57. The normalized spacial score (nSPS) is 13.3. The average Bonchev–Trinajstić information content (AvgIpc) is 2.50. The molecule has 0 saturated heterocycles. The molecular weight excluding hydrogens is 302 g/mol. The highest BCUT2D eigenvalue weighted by Crippen LogP contribution is 2.20. The maximum Gasteiger partial charge on any atom is 0.328 e. The largest absolute Gasteiger partial charge is 0.464 e. The first-order valence-electron chi connectivity index (χ1n) is 8.77. The fourth-order valence-electron chi connectivity index (χ4n) is 3.15. The van der Waals surface area contributed by atoms with Crippen LogP contribution >= 0.6 is 0 Å². The Balaban J connectivity index is 3.08. The Bertz CT molecular complexity index is 572. The van der Waals surface area contributed by atoms with E-state index in [0.29, 0.717) is 13.0 Å². The summed E-state index contributed by atoms with van der Waals surface area (Å²) in [6.07, 6.45) is 1.10. The molecule has 0 aliphatic heterocycles. The van der Waals surface area contributed by atoms with Gasteiger partial charge in [0.15, 0.2) is 0 Å². The maximum absolute atomic E-state index is 13.0. The second kappa shape index (κ2) is 8.86. The molecular formula is C20H31NO3. The van der Waals surface area contributed by atoms with E-state index in [0.717, 1.165) is 23.1 Å². The highest BCUT2D eigenvalue weighted by Gasteiger charge is 2.30. The zero-order valence-corrected chi connectivity index (χ0v) is 16.1. The van der Waals surface area contributed by atoms with Gasteiger partial charge in [0.1, 0.15) is 6.04 Å². The van der Waals surface area contributed by atoms with Gasteiger partial charge in [0, 0.05) is 6.04 Å². The third kappa shape index (κ3) is 4.83. The van der Waals surface area contributed by atoms with Crippen LogP contribution in [0.2, 0.25) is 0 Å². The Morgan fingerprint density at radius 1 is 1.08 bits per heavy atom. The van der Waals surface area contributed by atoms with Crippen molar-refractivity contribution in [3.63, 3.8) is 0 Å². The minimum atomic E-state index is -0.571. The van der Waals surface area contributed by atoms with E-state index >= 15 is 0 Å². The molecule has 0 radical (unpaired) electrons. The Morgan fingerprint density at radius 2 is 1.62 bits per heavy atom. The number of carbonyl (C=O) groups excluding carboxylic acids is 2. The van der Waals surface area contributed by atoms with Crippen molar-refractivity contribution in [3.8, 4) is 0 Å². The number of aryl methyl sites for hydroxylation is 3. The minimum Gasteiger partial charge on any atom is -0.464 e.